The maximum absolute atomic E-state index is 5.80. The van der Waals surface area contributed by atoms with Crippen LogP contribution < -0.4 is 11.1 Å². The van der Waals surface area contributed by atoms with Gasteiger partial charge in [0.05, 0.1) is 5.39 Å². The summed E-state index contributed by atoms with van der Waals surface area (Å²) in [6.45, 7) is 3.63. The predicted molar refractivity (Wildman–Crippen MR) is 78.4 cm³/mol. The van der Waals surface area contributed by atoms with Gasteiger partial charge in [-0.1, -0.05) is 0 Å². The molecule has 0 spiro atoms. The van der Waals surface area contributed by atoms with Crippen LogP contribution in [-0.2, 0) is 0 Å². The molecule has 100 valence electrons. The molecule has 0 saturated carbocycles. The molecule has 2 bridgehead atoms. The summed E-state index contributed by atoms with van der Waals surface area (Å²) in [6.07, 6.45) is 2.59. The Morgan fingerprint density at radius 3 is 2.89 bits per heavy atom. The number of nitrogens with zero attached hydrogens (tertiary/aromatic N) is 3. The van der Waals surface area contributed by atoms with Crippen molar-refractivity contribution in [3.05, 3.63) is 11.4 Å². The standard InChI is InChI=1S/C13H17N5S/c14-13-16-11(9-3-6-19-12(9)17-13)15-10-7-18-4-1-8(10)2-5-18/h3,6,8,10H,1-2,4-5,7H2,(H3,14,15,16,17). The van der Waals surface area contributed by atoms with Gasteiger partial charge in [0.2, 0.25) is 5.95 Å². The minimum atomic E-state index is 0.360. The number of anilines is 2. The summed E-state index contributed by atoms with van der Waals surface area (Å²) in [5, 5.41) is 6.75. The molecular weight excluding hydrogens is 258 g/mol. The molecule has 1 unspecified atom stereocenters. The Bertz CT molecular complexity index is 602. The van der Waals surface area contributed by atoms with Crippen LogP contribution in [0.5, 0.6) is 0 Å². The molecule has 2 aromatic heterocycles. The zero-order valence-corrected chi connectivity index (χ0v) is 11.5. The normalized spacial score (nSPS) is 29.8. The Morgan fingerprint density at radius 2 is 2.16 bits per heavy atom. The number of nitrogens with one attached hydrogen (secondary N) is 1. The molecule has 0 amide bonds. The molecule has 19 heavy (non-hydrogen) atoms. The fourth-order valence-corrected chi connectivity index (χ4v) is 4.06. The molecule has 5 heterocycles. The lowest BCUT2D eigenvalue weighted by Gasteiger charge is -2.45. The van der Waals surface area contributed by atoms with Crippen LogP contribution in [0.25, 0.3) is 10.2 Å². The van der Waals surface area contributed by atoms with Crippen LogP contribution in [0.4, 0.5) is 11.8 Å². The van der Waals surface area contributed by atoms with Gasteiger partial charge in [0.25, 0.3) is 0 Å². The van der Waals surface area contributed by atoms with Crippen LogP contribution in [0.1, 0.15) is 12.8 Å². The van der Waals surface area contributed by atoms with E-state index in [0.29, 0.717) is 12.0 Å². The first kappa shape index (κ1) is 11.4. The van der Waals surface area contributed by atoms with Gasteiger partial charge in [-0.15, -0.1) is 11.3 Å². The fourth-order valence-electron chi connectivity index (χ4n) is 3.29. The van der Waals surface area contributed by atoms with Gasteiger partial charge in [-0.3, -0.25) is 0 Å². The average Bonchev–Trinajstić information content (AvgIpc) is 2.88. The Morgan fingerprint density at radius 1 is 1.32 bits per heavy atom. The highest BCUT2D eigenvalue weighted by Gasteiger charge is 2.34. The number of fused-ring (bicyclic) bond motifs is 4. The number of hydrogen-bond acceptors (Lipinski definition) is 6. The van der Waals surface area contributed by atoms with Crippen molar-refractivity contribution in [3.63, 3.8) is 0 Å². The maximum Gasteiger partial charge on any atom is 0.223 e. The first-order valence-corrected chi connectivity index (χ1v) is 7.67. The van der Waals surface area contributed by atoms with Crippen molar-refractivity contribution >= 4 is 33.3 Å². The van der Waals surface area contributed by atoms with Crippen molar-refractivity contribution < 1.29 is 0 Å². The summed E-state index contributed by atoms with van der Waals surface area (Å²) in [5.41, 5.74) is 5.80. The number of piperidine rings is 3. The van der Waals surface area contributed by atoms with Crippen molar-refractivity contribution in [2.24, 2.45) is 5.92 Å². The molecule has 5 rings (SSSR count). The molecule has 3 saturated heterocycles. The summed E-state index contributed by atoms with van der Waals surface area (Å²) in [5.74, 6) is 2.04. The third kappa shape index (κ3) is 1.95. The van der Waals surface area contributed by atoms with E-state index in [4.69, 9.17) is 5.73 Å². The summed E-state index contributed by atoms with van der Waals surface area (Å²) < 4.78 is 0. The summed E-state index contributed by atoms with van der Waals surface area (Å²) in [4.78, 5) is 12.2. The Labute approximate surface area is 115 Å². The summed E-state index contributed by atoms with van der Waals surface area (Å²) in [6, 6.07) is 2.57. The fraction of sp³-hybridized carbons (Fsp3) is 0.538. The highest BCUT2D eigenvalue weighted by molar-refractivity contribution is 7.16. The van der Waals surface area contributed by atoms with Gasteiger partial charge in [0.1, 0.15) is 10.6 Å². The average molecular weight is 275 g/mol. The smallest absolute Gasteiger partial charge is 0.223 e. The molecular formula is C13H17N5S. The van der Waals surface area contributed by atoms with Gasteiger partial charge in [0, 0.05) is 12.6 Å². The van der Waals surface area contributed by atoms with Crippen LogP contribution in [0.15, 0.2) is 11.4 Å². The number of hydrogen-bond donors (Lipinski definition) is 2. The summed E-state index contributed by atoms with van der Waals surface area (Å²) >= 11 is 1.61. The molecule has 6 heteroatoms. The lowest BCUT2D eigenvalue weighted by atomic mass is 9.84. The van der Waals surface area contributed by atoms with Gasteiger partial charge in [-0.2, -0.15) is 4.98 Å². The van der Waals surface area contributed by atoms with Crippen LogP contribution in [0.3, 0.4) is 0 Å². The van der Waals surface area contributed by atoms with Crippen LogP contribution in [0, 0.1) is 5.92 Å². The zero-order valence-electron chi connectivity index (χ0n) is 10.7. The topological polar surface area (TPSA) is 67.1 Å². The second-order valence-electron chi connectivity index (χ2n) is 5.46. The van der Waals surface area contributed by atoms with Gasteiger partial charge in [-0.05, 0) is 43.3 Å². The molecule has 3 aliphatic heterocycles. The quantitative estimate of drug-likeness (QED) is 0.874. The SMILES string of the molecule is Nc1nc(NC2CN3CCC2CC3)c2ccsc2n1. The molecule has 0 radical (unpaired) electrons. The molecule has 3 aliphatic rings. The van der Waals surface area contributed by atoms with Crippen molar-refractivity contribution in [2.45, 2.75) is 18.9 Å². The van der Waals surface area contributed by atoms with Gasteiger partial charge >= 0.3 is 0 Å². The Hall–Kier alpha value is -1.40. The predicted octanol–water partition coefficient (Wildman–Crippen LogP) is 1.78. The van der Waals surface area contributed by atoms with E-state index < -0.39 is 0 Å². The van der Waals surface area contributed by atoms with E-state index in [9.17, 15) is 0 Å². The molecule has 1 atom stereocenters. The van der Waals surface area contributed by atoms with E-state index in [1.807, 2.05) is 5.38 Å². The first-order chi connectivity index (χ1) is 9.29. The number of rotatable bonds is 2. The molecule has 0 aliphatic carbocycles. The monoisotopic (exact) mass is 275 g/mol. The van der Waals surface area contributed by atoms with Crippen molar-refractivity contribution in [2.75, 3.05) is 30.7 Å². The second-order valence-corrected chi connectivity index (χ2v) is 6.35. The number of nitrogen functional groups attached to an aromatic ring is 1. The van der Waals surface area contributed by atoms with E-state index in [0.717, 1.165) is 28.5 Å². The molecule has 3 N–H and O–H groups in total. The van der Waals surface area contributed by atoms with Crippen LogP contribution in [-0.4, -0.2) is 40.5 Å². The molecule has 2 aromatic rings. The third-order valence-electron chi connectivity index (χ3n) is 4.32. The van der Waals surface area contributed by atoms with Gasteiger partial charge in [0.15, 0.2) is 0 Å². The van der Waals surface area contributed by atoms with Gasteiger partial charge in [-0.25, -0.2) is 4.98 Å². The lowest BCUT2D eigenvalue weighted by molar-refractivity contribution is 0.0974. The minimum absolute atomic E-state index is 0.360. The maximum atomic E-state index is 5.80. The van der Waals surface area contributed by atoms with E-state index in [1.54, 1.807) is 11.3 Å². The minimum Gasteiger partial charge on any atom is -0.368 e. The van der Waals surface area contributed by atoms with E-state index >= 15 is 0 Å². The largest absolute Gasteiger partial charge is 0.368 e. The van der Waals surface area contributed by atoms with E-state index in [-0.39, 0.29) is 0 Å². The highest BCUT2D eigenvalue weighted by atomic mass is 32.1. The van der Waals surface area contributed by atoms with E-state index in [1.165, 1.54) is 25.9 Å². The van der Waals surface area contributed by atoms with Crippen molar-refractivity contribution in [1.82, 2.24) is 14.9 Å². The molecule has 0 aromatic carbocycles. The summed E-state index contributed by atoms with van der Waals surface area (Å²) in [7, 11) is 0. The Balaban J connectivity index is 1.66. The Kier molecular flexibility index (Phi) is 2.60. The second kappa shape index (κ2) is 4.31. The van der Waals surface area contributed by atoms with Gasteiger partial charge < -0.3 is 16.0 Å². The van der Waals surface area contributed by atoms with E-state index in [2.05, 4.69) is 26.3 Å². The highest BCUT2D eigenvalue weighted by Crippen LogP contribution is 2.32. The van der Waals surface area contributed by atoms with Crippen LogP contribution >= 0.6 is 11.3 Å². The first-order valence-electron chi connectivity index (χ1n) is 6.79. The lowest BCUT2D eigenvalue weighted by Crippen LogP contribution is -2.53. The number of aromatic nitrogens is 2. The molecule has 3 fully saturated rings. The molecule has 5 nitrogen and oxygen atoms in total. The number of thiophene rings is 1. The van der Waals surface area contributed by atoms with Crippen LogP contribution in [0.2, 0.25) is 0 Å². The third-order valence-corrected chi connectivity index (χ3v) is 5.13. The number of nitrogens with two attached hydrogens (primary N) is 1. The zero-order chi connectivity index (χ0) is 12.8. The van der Waals surface area contributed by atoms with Crippen molar-refractivity contribution in [3.8, 4) is 0 Å². The van der Waals surface area contributed by atoms with Crippen molar-refractivity contribution in [1.29, 1.82) is 0 Å².